The molecule has 0 saturated carbocycles. The van der Waals surface area contributed by atoms with Crippen LogP contribution in [0.25, 0.3) is 10.4 Å². The molecule has 0 atom stereocenters. The van der Waals surface area contributed by atoms with Crippen molar-refractivity contribution in [2.24, 2.45) is 0 Å². The van der Waals surface area contributed by atoms with Gasteiger partial charge in [-0.3, -0.25) is 0 Å². The fourth-order valence-corrected chi connectivity index (χ4v) is 0.557. The van der Waals surface area contributed by atoms with Gasteiger partial charge in [0, 0.05) is 0 Å². The summed E-state index contributed by atoms with van der Waals surface area (Å²) in [5, 5.41) is 0. The van der Waals surface area contributed by atoms with E-state index in [0.29, 0.717) is 0 Å². The molecule has 0 spiro atoms. The van der Waals surface area contributed by atoms with Gasteiger partial charge in [-0.25, -0.2) is 0 Å². The molecule has 58 valence electrons. The number of ether oxygens (including phenoxy) is 1. The molecule has 0 saturated heterocycles. The minimum absolute atomic E-state index is 0.910. The lowest BCUT2D eigenvalue weighted by Crippen LogP contribution is -1.78. The Kier molecular flexibility index (Phi) is 5.47. The van der Waals surface area contributed by atoms with Crippen LogP contribution < -0.4 is 4.74 Å². The van der Waals surface area contributed by atoms with Crippen LogP contribution in [0.15, 0.2) is 30.3 Å². The molecule has 1 aromatic rings. The summed E-state index contributed by atoms with van der Waals surface area (Å²) in [6.07, 6.45) is 0. The molecule has 0 aliphatic carbocycles. The highest BCUT2D eigenvalue weighted by molar-refractivity contribution is 5.20. The first-order valence-corrected chi connectivity index (χ1v) is 2.95. The summed E-state index contributed by atoms with van der Waals surface area (Å²) in [6.45, 7) is 0. The Labute approximate surface area is 64.8 Å². The molecular formula is C7H9N3O. The summed E-state index contributed by atoms with van der Waals surface area (Å²) in [5.74, 6) is 0.910. The van der Waals surface area contributed by atoms with E-state index in [2.05, 4.69) is 0 Å². The van der Waals surface area contributed by atoms with Crippen molar-refractivity contribution < 1.29 is 4.74 Å². The molecule has 0 radical (unpaired) electrons. The van der Waals surface area contributed by atoms with Gasteiger partial charge in [0.05, 0.1) is 7.11 Å². The van der Waals surface area contributed by atoms with Crippen LogP contribution >= 0.6 is 0 Å². The second kappa shape index (κ2) is 6.45. The minimum atomic E-state index is 0.910. The molecule has 0 amide bonds. The lowest BCUT2D eigenvalue weighted by molar-refractivity contribution is 0.415. The number of rotatable bonds is 1. The van der Waals surface area contributed by atoms with Gasteiger partial charge < -0.3 is 4.74 Å². The zero-order valence-corrected chi connectivity index (χ0v) is 6.19. The van der Waals surface area contributed by atoms with E-state index in [9.17, 15) is 0 Å². The summed E-state index contributed by atoms with van der Waals surface area (Å²) in [4.78, 5) is 1.75. The van der Waals surface area contributed by atoms with Gasteiger partial charge in [-0.15, -0.1) is 5.53 Å². The van der Waals surface area contributed by atoms with E-state index in [1.54, 1.807) is 12.0 Å². The second-order valence-electron chi connectivity index (χ2n) is 1.62. The van der Waals surface area contributed by atoms with Crippen molar-refractivity contribution >= 4 is 0 Å². The normalized spacial score (nSPS) is 7.00. The van der Waals surface area contributed by atoms with Crippen LogP contribution in [0.2, 0.25) is 0 Å². The van der Waals surface area contributed by atoms with Crippen molar-refractivity contribution in [3.63, 3.8) is 0 Å². The quantitative estimate of drug-likeness (QED) is 0.374. The van der Waals surface area contributed by atoms with Gasteiger partial charge in [0.15, 0.2) is 0 Å². The average Bonchev–Trinajstić information content (AvgIpc) is 2.08. The van der Waals surface area contributed by atoms with Crippen LogP contribution in [0.5, 0.6) is 5.75 Å². The van der Waals surface area contributed by atoms with Crippen LogP contribution in [0, 0.1) is 5.53 Å². The number of hydrogen-bond donors (Lipinski definition) is 1. The Balaban J connectivity index is 0.000000292. The molecule has 1 aromatic carbocycles. The number of hydrogen-bond acceptors (Lipinski definition) is 2. The number of para-hydroxylation sites is 1. The summed E-state index contributed by atoms with van der Waals surface area (Å²) in [6, 6.07) is 9.68. The lowest BCUT2D eigenvalue weighted by Gasteiger charge is -1.93. The highest BCUT2D eigenvalue weighted by atomic mass is 16.5. The first-order chi connectivity index (χ1) is 5.35. The molecule has 0 unspecified atom stereocenters. The largest absolute Gasteiger partial charge is 0.497 e. The molecule has 1 N–H and O–H groups in total. The summed E-state index contributed by atoms with van der Waals surface area (Å²) < 4.78 is 4.91. The molecule has 0 aromatic heterocycles. The highest BCUT2D eigenvalue weighted by Gasteiger charge is 1.80. The van der Waals surface area contributed by atoms with Crippen molar-refractivity contribution in [1.29, 1.82) is 5.53 Å². The van der Waals surface area contributed by atoms with Crippen LogP contribution in [-0.4, -0.2) is 7.11 Å². The SMILES string of the molecule is COc1ccccc1.[N-]=[N+]=N. The minimum Gasteiger partial charge on any atom is -0.497 e. The topological polar surface area (TPSA) is 69.5 Å². The second-order valence-corrected chi connectivity index (χ2v) is 1.62. The monoisotopic (exact) mass is 151 g/mol. The van der Waals surface area contributed by atoms with Crippen molar-refractivity contribution in [3.05, 3.63) is 40.8 Å². The fourth-order valence-electron chi connectivity index (χ4n) is 0.557. The van der Waals surface area contributed by atoms with E-state index in [1.807, 2.05) is 30.3 Å². The summed E-state index contributed by atoms with van der Waals surface area (Å²) in [5.41, 5.74) is 12.2. The fraction of sp³-hybridized carbons (Fsp3) is 0.143. The Morgan fingerprint density at radius 1 is 1.36 bits per heavy atom. The van der Waals surface area contributed by atoms with Gasteiger partial charge in [-0.2, -0.15) is 0 Å². The zero-order valence-electron chi connectivity index (χ0n) is 6.19. The Hall–Kier alpha value is -1.67. The van der Waals surface area contributed by atoms with E-state index in [1.165, 1.54) is 0 Å². The lowest BCUT2D eigenvalue weighted by atomic mass is 10.3. The predicted molar refractivity (Wildman–Crippen MR) is 42.4 cm³/mol. The van der Waals surface area contributed by atoms with Crippen molar-refractivity contribution in [2.75, 3.05) is 7.11 Å². The standard InChI is InChI=1S/C7H8O.HN3/c1-8-7-5-3-2-4-6-7;1-3-2/h2-6H,1H3;1H. The van der Waals surface area contributed by atoms with E-state index in [-0.39, 0.29) is 0 Å². The summed E-state index contributed by atoms with van der Waals surface area (Å²) >= 11 is 0. The predicted octanol–water partition coefficient (Wildman–Crippen LogP) is 2.57. The zero-order chi connectivity index (χ0) is 8.53. The number of nitrogens with one attached hydrogen (secondary N) is 1. The third-order valence-corrected chi connectivity index (χ3v) is 0.979. The van der Waals surface area contributed by atoms with Gasteiger partial charge in [-0.05, 0) is 22.6 Å². The van der Waals surface area contributed by atoms with Crippen LogP contribution in [0.3, 0.4) is 0 Å². The first-order valence-electron chi connectivity index (χ1n) is 2.95. The van der Waals surface area contributed by atoms with Crippen LogP contribution in [-0.2, 0) is 0 Å². The maximum atomic E-state index is 6.86. The molecule has 4 heteroatoms. The molecule has 1 rings (SSSR count). The molecule has 0 aliphatic heterocycles. The Morgan fingerprint density at radius 3 is 2.09 bits per heavy atom. The number of nitrogens with zero attached hydrogens (tertiary/aromatic N) is 2. The molecular weight excluding hydrogens is 142 g/mol. The van der Waals surface area contributed by atoms with Gasteiger partial charge in [-0.1, -0.05) is 18.2 Å². The Bertz CT molecular complexity index is 216. The van der Waals surface area contributed by atoms with E-state index in [0.717, 1.165) is 5.75 Å². The molecule has 0 aliphatic rings. The molecule has 11 heavy (non-hydrogen) atoms. The van der Waals surface area contributed by atoms with Crippen LogP contribution in [0.1, 0.15) is 0 Å². The van der Waals surface area contributed by atoms with E-state index in [4.69, 9.17) is 15.8 Å². The number of methoxy groups -OCH3 is 1. The van der Waals surface area contributed by atoms with Crippen molar-refractivity contribution in [2.45, 2.75) is 0 Å². The van der Waals surface area contributed by atoms with E-state index >= 15 is 0 Å². The third kappa shape index (κ3) is 4.81. The third-order valence-electron chi connectivity index (χ3n) is 0.979. The average molecular weight is 151 g/mol. The van der Waals surface area contributed by atoms with E-state index < -0.39 is 0 Å². The van der Waals surface area contributed by atoms with Gasteiger partial charge in [0.1, 0.15) is 5.75 Å². The first kappa shape index (κ1) is 9.33. The Morgan fingerprint density at radius 2 is 1.82 bits per heavy atom. The maximum Gasteiger partial charge on any atom is 0.118 e. The molecule has 0 fully saturated rings. The van der Waals surface area contributed by atoms with Crippen LogP contribution in [0.4, 0.5) is 0 Å². The maximum absolute atomic E-state index is 6.86. The smallest absolute Gasteiger partial charge is 0.118 e. The van der Waals surface area contributed by atoms with Crippen molar-refractivity contribution in [3.8, 4) is 5.75 Å². The highest BCUT2D eigenvalue weighted by Crippen LogP contribution is 2.05. The molecule has 0 bridgehead atoms. The number of benzene rings is 1. The molecule has 0 heterocycles. The van der Waals surface area contributed by atoms with Gasteiger partial charge in [0.25, 0.3) is 0 Å². The molecule has 4 nitrogen and oxygen atoms in total. The van der Waals surface area contributed by atoms with Gasteiger partial charge >= 0.3 is 0 Å². The van der Waals surface area contributed by atoms with Gasteiger partial charge in [0.2, 0.25) is 0 Å². The van der Waals surface area contributed by atoms with Crippen molar-refractivity contribution in [1.82, 2.24) is 0 Å². The summed E-state index contributed by atoms with van der Waals surface area (Å²) in [7, 11) is 1.66.